The molecule has 2 heterocycles. The van der Waals surface area contributed by atoms with Crippen molar-refractivity contribution in [3.05, 3.63) is 29.8 Å². The quantitative estimate of drug-likeness (QED) is 0.722. The van der Waals surface area contributed by atoms with Gasteiger partial charge in [-0.2, -0.15) is 5.10 Å². The van der Waals surface area contributed by atoms with Crippen molar-refractivity contribution >= 4 is 17.4 Å². The summed E-state index contributed by atoms with van der Waals surface area (Å²) in [6.07, 6.45) is 2.05. The molecule has 0 fully saturated rings. The minimum absolute atomic E-state index is 0.860. The van der Waals surface area contributed by atoms with Crippen molar-refractivity contribution in [3.8, 4) is 11.3 Å². The van der Waals surface area contributed by atoms with Crippen LogP contribution in [0.25, 0.3) is 11.3 Å². The van der Waals surface area contributed by atoms with Gasteiger partial charge in [-0.15, -0.1) is 11.8 Å². The van der Waals surface area contributed by atoms with Gasteiger partial charge in [0.1, 0.15) is 5.03 Å². The summed E-state index contributed by atoms with van der Waals surface area (Å²) < 4.78 is 0. The lowest BCUT2D eigenvalue weighted by molar-refractivity contribution is 0.991. The maximum atomic E-state index is 4.31. The zero-order valence-electron chi connectivity index (χ0n) is 8.37. The van der Waals surface area contributed by atoms with Gasteiger partial charge in [-0.25, -0.2) is 0 Å². The molecule has 1 aliphatic heterocycles. The number of aromatic amines is 1. The van der Waals surface area contributed by atoms with Gasteiger partial charge in [0.15, 0.2) is 0 Å². The maximum absolute atomic E-state index is 4.31. The van der Waals surface area contributed by atoms with Crippen LogP contribution in [0.3, 0.4) is 0 Å². The predicted molar refractivity (Wildman–Crippen MR) is 63.1 cm³/mol. The number of nitrogens with one attached hydrogen (secondary N) is 2. The lowest BCUT2D eigenvalue weighted by atomic mass is 10.0. The number of anilines is 1. The summed E-state index contributed by atoms with van der Waals surface area (Å²) in [6, 6.07) is 8.30. The number of benzene rings is 1. The molecule has 2 N–H and O–H groups in total. The van der Waals surface area contributed by atoms with Gasteiger partial charge in [0.2, 0.25) is 0 Å². The number of hydrogen-bond acceptors (Lipinski definition) is 3. The number of hydrogen-bond donors (Lipinski definition) is 2. The molecule has 0 aliphatic carbocycles. The van der Waals surface area contributed by atoms with E-state index in [1.54, 1.807) is 11.8 Å². The zero-order valence-corrected chi connectivity index (χ0v) is 9.19. The van der Waals surface area contributed by atoms with Gasteiger partial charge in [-0.3, -0.25) is 5.10 Å². The zero-order chi connectivity index (χ0) is 10.3. The third-order valence-electron chi connectivity index (χ3n) is 2.67. The van der Waals surface area contributed by atoms with Gasteiger partial charge < -0.3 is 5.32 Å². The topological polar surface area (TPSA) is 40.7 Å². The van der Waals surface area contributed by atoms with E-state index in [2.05, 4.69) is 40.0 Å². The number of H-pyrrole nitrogens is 1. The summed E-state index contributed by atoms with van der Waals surface area (Å²) in [4.78, 5) is 0. The maximum Gasteiger partial charge on any atom is 0.123 e. The van der Waals surface area contributed by atoms with Crippen molar-refractivity contribution < 1.29 is 0 Å². The summed E-state index contributed by atoms with van der Waals surface area (Å²) in [5.74, 6) is 0. The molecule has 0 unspecified atom stereocenters. The Bertz CT molecular complexity index is 504. The van der Waals surface area contributed by atoms with Crippen LogP contribution in [0.2, 0.25) is 0 Å². The summed E-state index contributed by atoms with van der Waals surface area (Å²) in [7, 11) is 0. The van der Waals surface area contributed by atoms with Crippen LogP contribution in [0, 0.1) is 0 Å². The van der Waals surface area contributed by atoms with E-state index < -0.39 is 0 Å². The van der Waals surface area contributed by atoms with E-state index in [0.717, 1.165) is 17.3 Å². The molecule has 0 atom stereocenters. The van der Waals surface area contributed by atoms with E-state index >= 15 is 0 Å². The Labute approximate surface area is 92.3 Å². The molecular weight excluding hydrogens is 206 g/mol. The molecule has 76 valence electrons. The summed E-state index contributed by atoms with van der Waals surface area (Å²) >= 11 is 1.68. The second-order valence-corrected chi connectivity index (χ2v) is 4.28. The first-order chi connectivity index (χ1) is 7.40. The van der Waals surface area contributed by atoms with Crippen molar-refractivity contribution in [2.45, 2.75) is 11.6 Å². The van der Waals surface area contributed by atoms with Crippen molar-refractivity contribution in [3.63, 3.8) is 0 Å². The molecule has 0 saturated carbocycles. The number of aromatic nitrogens is 2. The highest BCUT2D eigenvalue weighted by atomic mass is 32.2. The Morgan fingerprint density at radius 1 is 1.33 bits per heavy atom. The molecular formula is C11H11N3S. The first-order valence-corrected chi connectivity index (χ1v) is 6.07. The lowest BCUT2D eigenvalue weighted by Gasteiger charge is -2.17. The van der Waals surface area contributed by atoms with E-state index in [4.69, 9.17) is 0 Å². The molecule has 15 heavy (non-hydrogen) atoms. The Morgan fingerprint density at radius 2 is 2.20 bits per heavy atom. The number of para-hydroxylation sites is 1. The fourth-order valence-electron chi connectivity index (χ4n) is 1.94. The van der Waals surface area contributed by atoms with Gasteiger partial charge in [-0.05, 0) is 12.3 Å². The molecule has 0 radical (unpaired) electrons. The molecule has 1 aromatic carbocycles. The fourth-order valence-corrected chi connectivity index (χ4v) is 2.50. The van der Waals surface area contributed by atoms with Crippen LogP contribution in [-0.2, 0) is 6.54 Å². The van der Waals surface area contributed by atoms with E-state index in [-0.39, 0.29) is 0 Å². The fraction of sp³-hybridized carbons (Fsp3) is 0.182. The Kier molecular flexibility index (Phi) is 1.95. The van der Waals surface area contributed by atoms with Crippen LogP contribution < -0.4 is 5.32 Å². The first kappa shape index (κ1) is 8.85. The van der Waals surface area contributed by atoms with Crippen molar-refractivity contribution in [2.75, 3.05) is 11.6 Å². The molecule has 0 spiro atoms. The van der Waals surface area contributed by atoms with Crippen LogP contribution in [0.15, 0.2) is 29.3 Å². The molecule has 3 nitrogen and oxygen atoms in total. The largest absolute Gasteiger partial charge is 0.380 e. The highest BCUT2D eigenvalue weighted by Gasteiger charge is 2.20. The second kappa shape index (κ2) is 3.31. The number of nitrogens with zero attached hydrogens (tertiary/aromatic N) is 1. The van der Waals surface area contributed by atoms with Crippen LogP contribution in [0.5, 0.6) is 0 Å². The molecule has 1 aliphatic rings. The monoisotopic (exact) mass is 217 g/mol. The molecule has 4 heteroatoms. The first-order valence-electron chi connectivity index (χ1n) is 4.84. The van der Waals surface area contributed by atoms with Crippen LogP contribution in [0.1, 0.15) is 5.56 Å². The molecule has 2 aromatic rings. The molecule has 1 aromatic heterocycles. The minimum atomic E-state index is 0.860. The van der Waals surface area contributed by atoms with Gasteiger partial charge in [0, 0.05) is 23.4 Å². The van der Waals surface area contributed by atoms with Crippen molar-refractivity contribution in [1.82, 2.24) is 10.2 Å². The number of fused-ring (bicyclic) bond motifs is 3. The van der Waals surface area contributed by atoms with Gasteiger partial charge in [0.05, 0.1) is 5.69 Å². The molecule has 0 amide bonds. The number of thioether (sulfide) groups is 1. The predicted octanol–water partition coefficient (Wildman–Crippen LogP) is 2.72. The Hall–Kier alpha value is -1.42. The normalized spacial score (nSPS) is 12.9. The molecule has 0 saturated heterocycles. The average molecular weight is 217 g/mol. The van der Waals surface area contributed by atoms with Crippen molar-refractivity contribution in [2.24, 2.45) is 0 Å². The van der Waals surface area contributed by atoms with Crippen LogP contribution >= 0.6 is 11.8 Å². The average Bonchev–Trinajstić information content (AvgIpc) is 2.72. The van der Waals surface area contributed by atoms with E-state index in [1.165, 1.54) is 16.8 Å². The van der Waals surface area contributed by atoms with Gasteiger partial charge >= 0.3 is 0 Å². The summed E-state index contributed by atoms with van der Waals surface area (Å²) in [6.45, 7) is 0.860. The van der Waals surface area contributed by atoms with Gasteiger partial charge in [0.25, 0.3) is 0 Å². The lowest BCUT2D eigenvalue weighted by Crippen LogP contribution is -2.07. The highest BCUT2D eigenvalue weighted by Crippen LogP contribution is 2.37. The van der Waals surface area contributed by atoms with Gasteiger partial charge in [-0.1, -0.05) is 18.2 Å². The van der Waals surface area contributed by atoms with Crippen LogP contribution in [0.4, 0.5) is 5.69 Å². The van der Waals surface area contributed by atoms with Crippen molar-refractivity contribution in [1.29, 1.82) is 0 Å². The molecule has 3 rings (SSSR count). The third kappa shape index (κ3) is 1.25. The standard InChI is InChI=1S/C11H11N3S/c1-15-11-8-6-12-9-5-3-2-4-7(9)10(8)13-14-11/h2-5,12H,6H2,1H3,(H,13,14). The number of rotatable bonds is 1. The van der Waals surface area contributed by atoms with E-state index in [9.17, 15) is 0 Å². The van der Waals surface area contributed by atoms with Crippen LogP contribution in [-0.4, -0.2) is 16.5 Å². The second-order valence-electron chi connectivity index (χ2n) is 3.49. The minimum Gasteiger partial charge on any atom is -0.380 e. The smallest absolute Gasteiger partial charge is 0.123 e. The van der Waals surface area contributed by atoms with E-state index in [1.807, 2.05) is 6.07 Å². The SMILES string of the molecule is CSc1n[nH]c2c1CNc1ccccc1-2. The summed E-state index contributed by atoms with van der Waals surface area (Å²) in [5, 5.41) is 11.9. The van der Waals surface area contributed by atoms with E-state index in [0.29, 0.717) is 0 Å². The summed E-state index contributed by atoms with van der Waals surface area (Å²) in [5.41, 5.74) is 4.84. The highest BCUT2D eigenvalue weighted by molar-refractivity contribution is 7.98. The third-order valence-corrected chi connectivity index (χ3v) is 3.40. The Morgan fingerprint density at radius 3 is 3.07 bits per heavy atom. The Balaban J connectivity index is 2.22. The molecule has 0 bridgehead atoms.